The third kappa shape index (κ3) is 5.44. The van der Waals surface area contributed by atoms with Crippen LogP contribution < -0.4 is 16.4 Å². The first-order valence-corrected chi connectivity index (χ1v) is 5.72. The summed E-state index contributed by atoms with van der Waals surface area (Å²) in [4.78, 5) is 19.5. The molecule has 1 rings (SSSR count). The normalized spacial score (nSPS) is 10.1. The van der Waals surface area contributed by atoms with Gasteiger partial charge in [-0.2, -0.15) is 0 Å². The summed E-state index contributed by atoms with van der Waals surface area (Å²) in [6, 6.07) is 1.63. The fourth-order valence-corrected chi connectivity index (χ4v) is 1.37. The molecule has 0 atom stereocenters. The van der Waals surface area contributed by atoms with Crippen LogP contribution >= 0.6 is 0 Å². The van der Waals surface area contributed by atoms with Gasteiger partial charge in [-0.3, -0.25) is 4.79 Å². The van der Waals surface area contributed by atoms with E-state index in [1.807, 2.05) is 0 Å². The second-order valence-electron chi connectivity index (χ2n) is 3.74. The molecule has 0 saturated carbocycles. The van der Waals surface area contributed by atoms with E-state index in [2.05, 4.69) is 20.6 Å². The number of methoxy groups -OCH3 is 1. The van der Waals surface area contributed by atoms with Gasteiger partial charge in [-0.05, 0) is 6.92 Å². The SMILES string of the molecule is COCCNC(=O)CCNc1cc(N)nc(C)n1. The predicted molar refractivity (Wildman–Crippen MR) is 69.2 cm³/mol. The fraction of sp³-hybridized carbons (Fsp3) is 0.545. The Morgan fingerprint density at radius 2 is 2.22 bits per heavy atom. The van der Waals surface area contributed by atoms with Crippen LogP contribution in [0.4, 0.5) is 11.6 Å². The number of nitrogens with one attached hydrogen (secondary N) is 2. The highest BCUT2D eigenvalue weighted by Crippen LogP contribution is 2.07. The maximum atomic E-state index is 11.4. The van der Waals surface area contributed by atoms with Crippen LogP contribution in [0.2, 0.25) is 0 Å². The molecule has 100 valence electrons. The van der Waals surface area contributed by atoms with Crippen LogP contribution in [0.15, 0.2) is 6.07 Å². The van der Waals surface area contributed by atoms with E-state index in [4.69, 9.17) is 10.5 Å². The second kappa shape index (κ2) is 7.44. The van der Waals surface area contributed by atoms with E-state index in [9.17, 15) is 4.79 Å². The third-order valence-corrected chi connectivity index (χ3v) is 2.14. The Morgan fingerprint density at radius 1 is 1.44 bits per heavy atom. The number of aryl methyl sites for hydroxylation is 1. The van der Waals surface area contributed by atoms with Gasteiger partial charge in [-0.1, -0.05) is 0 Å². The Bertz CT molecular complexity index is 377. The van der Waals surface area contributed by atoms with E-state index in [1.54, 1.807) is 20.1 Å². The van der Waals surface area contributed by atoms with Gasteiger partial charge in [0.1, 0.15) is 17.5 Å². The molecule has 4 N–H and O–H groups in total. The van der Waals surface area contributed by atoms with Crippen molar-refractivity contribution < 1.29 is 9.53 Å². The first-order valence-electron chi connectivity index (χ1n) is 5.72. The summed E-state index contributed by atoms with van der Waals surface area (Å²) in [6.07, 6.45) is 0.368. The van der Waals surface area contributed by atoms with Gasteiger partial charge in [0.15, 0.2) is 0 Å². The molecule has 18 heavy (non-hydrogen) atoms. The number of nitrogens with two attached hydrogens (primary N) is 1. The number of nitrogen functional groups attached to an aromatic ring is 1. The number of aromatic nitrogens is 2. The smallest absolute Gasteiger partial charge is 0.221 e. The molecule has 0 radical (unpaired) electrons. The van der Waals surface area contributed by atoms with E-state index in [0.29, 0.717) is 43.6 Å². The van der Waals surface area contributed by atoms with Crippen molar-refractivity contribution in [3.05, 3.63) is 11.9 Å². The lowest BCUT2D eigenvalue weighted by atomic mass is 10.4. The van der Waals surface area contributed by atoms with Crippen molar-refractivity contribution >= 4 is 17.5 Å². The van der Waals surface area contributed by atoms with Crippen molar-refractivity contribution in [2.45, 2.75) is 13.3 Å². The Balaban J connectivity index is 2.26. The summed E-state index contributed by atoms with van der Waals surface area (Å²) >= 11 is 0. The van der Waals surface area contributed by atoms with E-state index < -0.39 is 0 Å². The van der Waals surface area contributed by atoms with Gasteiger partial charge in [0.25, 0.3) is 0 Å². The summed E-state index contributed by atoms with van der Waals surface area (Å²) in [5.41, 5.74) is 5.59. The molecule has 0 spiro atoms. The average Bonchev–Trinajstić information content (AvgIpc) is 2.28. The lowest BCUT2D eigenvalue weighted by Crippen LogP contribution is -2.28. The predicted octanol–water partition coefficient (Wildman–Crippen LogP) is -0.0682. The van der Waals surface area contributed by atoms with Crippen molar-refractivity contribution in [1.29, 1.82) is 0 Å². The first-order chi connectivity index (χ1) is 8.61. The third-order valence-electron chi connectivity index (χ3n) is 2.14. The number of ether oxygens (including phenoxy) is 1. The van der Waals surface area contributed by atoms with Crippen molar-refractivity contribution in [2.75, 3.05) is 37.9 Å². The molecule has 0 aromatic carbocycles. The maximum Gasteiger partial charge on any atom is 0.221 e. The Morgan fingerprint density at radius 3 is 2.89 bits per heavy atom. The molecule has 0 aliphatic rings. The second-order valence-corrected chi connectivity index (χ2v) is 3.74. The summed E-state index contributed by atoms with van der Waals surface area (Å²) in [5, 5.41) is 5.76. The van der Waals surface area contributed by atoms with Crippen LogP contribution in [0.1, 0.15) is 12.2 Å². The molecule has 1 aromatic heterocycles. The molecule has 1 aromatic rings. The highest BCUT2D eigenvalue weighted by atomic mass is 16.5. The minimum absolute atomic E-state index is 0.0294. The van der Waals surface area contributed by atoms with Gasteiger partial charge in [-0.25, -0.2) is 9.97 Å². The Kier molecular flexibility index (Phi) is 5.86. The quantitative estimate of drug-likeness (QED) is 0.588. The van der Waals surface area contributed by atoms with Crippen LogP contribution in [-0.4, -0.2) is 42.7 Å². The number of hydrogen-bond donors (Lipinski definition) is 3. The summed E-state index contributed by atoms with van der Waals surface area (Å²) in [6.45, 7) is 3.30. The molecule has 1 heterocycles. The highest BCUT2D eigenvalue weighted by Gasteiger charge is 2.02. The summed E-state index contributed by atoms with van der Waals surface area (Å²) in [5.74, 6) is 1.61. The van der Waals surface area contributed by atoms with Crippen molar-refractivity contribution in [1.82, 2.24) is 15.3 Å². The minimum Gasteiger partial charge on any atom is -0.384 e. The lowest BCUT2D eigenvalue weighted by molar-refractivity contribution is -0.121. The van der Waals surface area contributed by atoms with Gasteiger partial charge in [0.2, 0.25) is 5.91 Å². The fourth-order valence-electron chi connectivity index (χ4n) is 1.37. The first kappa shape index (κ1) is 14.2. The monoisotopic (exact) mass is 253 g/mol. The van der Waals surface area contributed by atoms with E-state index >= 15 is 0 Å². The Hall–Kier alpha value is -1.89. The zero-order chi connectivity index (χ0) is 13.4. The number of hydrogen-bond acceptors (Lipinski definition) is 6. The number of amides is 1. The summed E-state index contributed by atoms with van der Waals surface area (Å²) < 4.78 is 4.83. The van der Waals surface area contributed by atoms with Gasteiger partial charge in [-0.15, -0.1) is 0 Å². The molecule has 0 bridgehead atoms. The van der Waals surface area contributed by atoms with E-state index in [0.717, 1.165) is 0 Å². The van der Waals surface area contributed by atoms with E-state index in [-0.39, 0.29) is 5.91 Å². The van der Waals surface area contributed by atoms with Crippen LogP contribution in [0, 0.1) is 6.92 Å². The van der Waals surface area contributed by atoms with Crippen LogP contribution in [-0.2, 0) is 9.53 Å². The largest absolute Gasteiger partial charge is 0.384 e. The number of carbonyl (C=O) groups is 1. The molecule has 0 fully saturated rings. The number of carbonyl (C=O) groups excluding carboxylic acids is 1. The molecule has 0 unspecified atom stereocenters. The van der Waals surface area contributed by atoms with Gasteiger partial charge in [0, 0.05) is 32.7 Å². The molecular weight excluding hydrogens is 234 g/mol. The maximum absolute atomic E-state index is 11.4. The molecule has 7 heteroatoms. The molecule has 0 aliphatic heterocycles. The number of rotatable bonds is 7. The number of nitrogens with zero attached hydrogens (tertiary/aromatic N) is 2. The standard InChI is InChI=1S/C11H19N5O2/c1-8-15-9(12)7-10(16-8)13-4-3-11(17)14-5-6-18-2/h7H,3-6H2,1-2H3,(H,14,17)(H3,12,13,15,16). The van der Waals surface area contributed by atoms with Crippen molar-refractivity contribution in [3.8, 4) is 0 Å². The molecule has 0 aliphatic carbocycles. The van der Waals surface area contributed by atoms with Gasteiger partial charge >= 0.3 is 0 Å². The molecular formula is C11H19N5O2. The molecule has 1 amide bonds. The number of anilines is 2. The van der Waals surface area contributed by atoms with Crippen LogP contribution in [0.25, 0.3) is 0 Å². The van der Waals surface area contributed by atoms with Gasteiger partial charge in [0.05, 0.1) is 6.61 Å². The van der Waals surface area contributed by atoms with E-state index in [1.165, 1.54) is 0 Å². The zero-order valence-corrected chi connectivity index (χ0v) is 10.7. The van der Waals surface area contributed by atoms with Gasteiger partial charge < -0.3 is 21.1 Å². The van der Waals surface area contributed by atoms with Crippen molar-refractivity contribution in [2.24, 2.45) is 0 Å². The lowest BCUT2D eigenvalue weighted by Gasteiger charge is -2.07. The molecule has 0 saturated heterocycles. The van der Waals surface area contributed by atoms with Crippen LogP contribution in [0.5, 0.6) is 0 Å². The van der Waals surface area contributed by atoms with Crippen molar-refractivity contribution in [3.63, 3.8) is 0 Å². The highest BCUT2D eigenvalue weighted by molar-refractivity contribution is 5.76. The van der Waals surface area contributed by atoms with Crippen LogP contribution in [0.3, 0.4) is 0 Å². The summed E-state index contributed by atoms with van der Waals surface area (Å²) in [7, 11) is 1.59. The average molecular weight is 253 g/mol. The minimum atomic E-state index is -0.0294. The Labute approximate surface area is 106 Å². The zero-order valence-electron chi connectivity index (χ0n) is 10.7. The topological polar surface area (TPSA) is 102 Å². The molecule has 7 nitrogen and oxygen atoms in total.